The molecule has 21 heavy (non-hydrogen) atoms. The van der Waals surface area contributed by atoms with Gasteiger partial charge in [0.1, 0.15) is 5.54 Å². The standard InChI is InChI=1S/C17H24N2O2/c1-18-17(16(20)21,15-6-7-15)12-19-10-8-13-4-2-3-5-14(13)9-11-19/h2-5,15,18H,6-12H2,1H3,(H,20,21). The predicted molar refractivity (Wildman–Crippen MR) is 82.4 cm³/mol. The van der Waals surface area contributed by atoms with Crippen LogP contribution in [0.2, 0.25) is 0 Å². The van der Waals surface area contributed by atoms with Crippen LogP contribution in [-0.4, -0.2) is 48.2 Å². The minimum atomic E-state index is -0.767. The number of nitrogens with one attached hydrogen (secondary N) is 1. The average molecular weight is 288 g/mol. The Bertz CT molecular complexity index is 500. The van der Waals surface area contributed by atoms with E-state index in [2.05, 4.69) is 34.5 Å². The van der Waals surface area contributed by atoms with Gasteiger partial charge >= 0.3 is 5.97 Å². The molecular formula is C17H24N2O2. The van der Waals surface area contributed by atoms with Crippen LogP contribution in [0.3, 0.4) is 0 Å². The fraction of sp³-hybridized carbons (Fsp3) is 0.588. The smallest absolute Gasteiger partial charge is 0.325 e. The molecule has 1 aromatic carbocycles. The lowest BCUT2D eigenvalue weighted by molar-refractivity contribution is -0.146. The summed E-state index contributed by atoms with van der Waals surface area (Å²) in [5, 5.41) is 12.8. The van der Waals surface area contributed by atoms with Crippen molar-refractivity contribution in [3.05, 3.63) is 35.4 Å². The topological polar surface area (TPSA) is 52.6 Å². The number of carboxylic acid groups (broad SMARTS) is 1. The van der Waals surface area contributed by atoms with Gasteiger partial charge in [0.15, 0.2) is 0 Å². The minimum Gasteiger partial charge on any atom is -0.480 e. The maximum Gasteiger partial charge on any atom is 0.325 e. The Labute approximate surface area is 126 Å². The summed E-state index contributed by atoms with van der Waals surface area (Å²) in [6, 6.07) is 8.58. The van der Waals surface area contributed by atoms with E-state index in [4.69, 9.17) is 0 Å². The van der Waals surface area contributed by atoms with Crippen molar-refractivity contribution in [2.45, 2.75) is 31.2 Å². The molecule has 114 valence electrons. The van der Waals surface area contributed by atoms with Gasteiger partial charge in [0.05, 0.1) is 0 Å². The van der Waals surface area contributed by atoms with E-state index in [0.717, 1.165) is 38.8 Å². The molecule has 0 spiro atoms. The van der Waals surface area contributed by atoms with Crippen molar-refractivity contribution in [2.24, 2.45) is 5.92 Å². The van der Waals surface area contributed by atoms with E-state index in [0.29, 0.717) is 6.54 Å². The highest BCUT2D eigenvalue weighted by atomic mass is 16.4. The maximum absolute atomic E-state index is 11.8. The summed E-state index contributed by atoms with van der Waals surface area (Å²) in [4.78, 5) is 14.1. The molecule has 1 aliphatic heterocycles. The van der Waals surface area contributed by atoms with E-state index in [1.807, 2.05) is 0 Å². The molecule has 1 atom stereocenters. The lowest BCUT2D eigenvalue weighted by Crippen LogP contribution is -2.59. The lowest BCUT2D eigenvalue weighted by Gasteiger charge is -2.34. The zero-order valence-corrected chi connectivity index (χ0v) is 12.6. The molecule has 2 N–H and O–H groups in total. The van der Waals surface area contributed by atoms with Crippen molar-refractivity contribution in [3.63, 3.8) is 0 Å². The van der Waals surface area contributed by atoms with Crippen molar-refractivity contribution in [1.82, 2.24) is 10.2 Å². The van der Waals surface area contributed by atoms with Gasteiger partial charge in [0, 0.05) is 19.6 Å². The van der Waals surface area contributed by atoms with Gasteiger partial charge in [0.25, 0.3) is 0 Å². The number of fused-ring (bicyclic) bond motifs is 1. The van der Waals surface area contributed by atoms with Gasteiger partial charge in [-0.3, -0.25) is 4.79 Å². The van der Waals surface area contributed by atoms with E-state index in [1.165, 1.54) is 11.1 Å². The van der Waals surface area contributed by atoms with E-state index in [9.17, 15) is 9.90 Å². The second-order valence-corrected chi connectivity index (χ2v) is 6.35. The first-order chi connectivity index (χ1) is 10.2. The predicted octanol–water partition coefficient (Wildman–Crippen LogP) is 1.54. The largest absolute Gasteiger partial charge is 0.480 e. The number of carbonyl (C=O) groups is 1. The highest BCUT2D eigenvalue weighted by Gasteiger charge is 2.51. The summed E-state index contributed by atoms with van der Waals surface area (Å²) < 4.78 is 0. The van der Waals surface area contributed by atoms with Crippen molar-refractivity contribution in [2.75, 3.05) is 26.7 Å². The Morgan fingerprint density at radius 2 is 1.86 bits per heavy atom. The van der Waals surface area contributed by atoms with Crippen molar-refractivity contribution >= 4 is 5.97 Å². The van der Waals surface area contributed by atoms with Crippen LogP contribution >= 0.6 is 0 Å². The molecule has 1 heterocycles. The number of rotatable bonds is 5. The van der Waals surface area contributed by atoms with Crippen molar-refractivity contribution in [3.8, 4) is 0 Å². The normalized spacial score (nSPS) is 22.1. The first-order valence-corrected chi connectivity index (χ1v) is 7.87. The lowest BCUT2D eigenvalue weighted by atomic mass is 9.92. The van der Waals surface area contributed by atoms with Crippen LogP contribution in [-0.2, 0) is 17.6 Å². The van der Waals surface area contributed by atoms with Crippen LogP contribution in [0.25, 0.3) is 0 Å². The Balaban J connectivity index is 1.72. The van der Waals surface area contributed by atoms with Gasteiger partial charge in [-0.2, -0.15) is 0 Å². The summed E-state index contributed by atoms with van der Waals surface area (Å²) in [6.07, 6.45) is 4.09. The number of carboxylic acids is 1. The highest BCUT2D eigenvalue weighted by Crippen LogP contribution is 2.40. The van der Waals surface area contributed by atoms with Gasteiger partial charge in [-0.05, 0) is 49.8 Å². The van der Waals surface area contributed by atoms with Gasteiger partial charge in [-0.1, -0.05) is 24.3 Å². The fourth-order valence-corrected chi connectivity index (χ4v) is 3.56. The molecule has 1 aromatic rings. The number of benzene rings is 1. The third-order valence-corrected chi connectivity index (χ3v) is 5.09. The molecule has 0 bridgehead atoms. The second kappa shape index (κ2) is 5.78. The van der Waals surface area contributed by atoms with E-state index >= 15 is 0 Å². The quantitative estimate of drug-likeness (QED) is 0.863. The van der Waals surface area contributed by atoms with E-state index in [-0.39, 0.29) is 5.92 Å². The molecule has 0 radical (unpaired) electrons. The van der Waals surface area contributed by atoms with Crippen LogP contribution in [0.4, 0.5) is 0 Å². The van der Waals surface area contributed by atoms with Gasteiger partial charge in [-0.15, -0.1) is 0 Å². The molecule has 0 saturated heterocycles. The number of likely N-dealkylation sites (N-methyl/N-ethyl adjacent to an activating group) is 1. The average Bonchev–Trinajstić information content (AvgIpc) is 3.32. The highest BCUT2D eigenvalue weighted by molar-refractivity contribution is 5.80. The third kappa shape index (κ3) is 2.83. The molecule has 0 amide bonds. The number of nitrogens with zero attached hydrogens (tertiary/aromatic N) is 1. The zero-order chi connectivity index (χ0) is 14.9. The summed E-state index contributed by atoms with van der Waals surface area (Å²) in [5.41, 5.74) is 2.06. The van der Waals surface area contributed by atoms with Gasteiger partial charge in [-0.25, -0.2) is 0 Å². The Morgan fingerprint density at radius 3 is 2.29 bits per heavy atom. The SMILES string of the molecule is CNC(CN1CCc2ccccc2CC1)(C(=O)O)C1CC1. The monoisotopic (exact) mass is 288 g/mol. The molecule has 1 unspecified atom stereocenters. The fourth-order valence-electron chi connectivity index (χ4n) is 3.56. The van der Waals surface area contributed by atoms with Crippen molar-refractivity contribution in [1.29, 1.82) is 0 Å². The third-order valence-electron chi connectivity index (χ3n) is 5.09. The molecule has 1 saturated carbocycles. The molecular weight excluding hydrogens is 264 g/mol. The molecule has 1 aliphatic carbocycles. The van der Waals surface area contributed by atoms with E-state index in [1.54, 1.807) is 7.05 Å². The minimum absolute atomic E-state index is 0.283. The van der Waals surface area contributed by atoms with Crippen LogP contribution in [0.1, 0.15) is 24.0 Å². The molecule has 1 fully saturated rings. The number of hydrogen-bond donors (Lipinski definition) is 2. The summed E-state index contributed by atoms with van der Waals surface area (Å²) in [7, 11) is 1.79. The van der Waals surface area contributed by atoms with Crippen molar-refractivity contribution < 1.29 is 9.90 Å². The van der Waals surface area contributed by atoms with Crippen LogP contribution in [0.15, 0.2) is 24.3 Å². The zero-order valence-electron chi connectivity index (χ0n) is 12.6. The molecule has 4 nitrogen and oxygen atoms in total. The maximum atomic E-state index is 11.8. The van der Waals surface area contributed by atoms with Crippen LogP contribution < -0.4 is 5.32 Å². The molecule has 3 rings (SSSR count). The first kappa shape index (κ1) is 14.5. The van der Waals surface area contributed by atoms with Gasteiger partial charge in [0.2, 0.25) is 0 Å². The summed E-state index contributed by atoms with van der Waals surface area (Å²) in [6.45, 7) is 2.50. The Kier molecular flexibility index (Phi) is 4.00. The summed E-state index contributed by atoms with van der Waals surface area (Å²) in [5.74, 6) is -0.417. The second-order valence-electron chi connectivity index (χ2n) is 6.35. The van der Waals surface area contributed by atoms with Crippen LogP contribution in [0.5, 0.6) is 0 Å². The molecule has 0 aromatic heterocycles. The first-order valence-electron chi connectivity index (χ1n) is 7.87. The number of aliphatic carboxylic acids is 1. The number of hydrogen-bond acceptors (Lipinski definition) is 3. The molecule has 4 heteroatoms. The van der Waals surface area contributed by atoms with Crippen LogP contribution in [0, 0.1) is 5.92 Å². The molecule has 2 aliphatic rings. The summed E-state index contributed by atoms with van der Waals surface area (Å²) >= 11 is 0. The van der Waals surface area contributed by atoms with Gasteiger partial charge < -0.3 is 15.3 Å². The Hall–Kier alpha value is -1.39. The Morgan fingerprint density at radius 1 is 1.29 bits per heavy atom. The van der Waals surface area contributed by atoms with E-state index < -0.39 is 11.5 Å².